The van der Waals surface area contributed by atoms with E-state index >= 15 is 0 Å². The molecular weight excluding hydrogens is 316 g/mol. The van der Waals surface area contributed by atoms with Crippen LogP contribution in [0, 0.1) is 0 Å². The molecule has 0 atom stereocenters. The summed E-state index contributed by atoms with van der Waals surface area (Å²) in [5, 5.41) is 2.48. The Balaban J connectivity index is 1.74. The minimum Gasteiger partial charge on any atom is -0.482 e. The zero-order valence-corrected chi connectivity index (χ0v) is 13.2. The lowest BCUT2D eigenvalue weighted by atomic mass is 10.1. The van der Waals surface area contributed by atoms with E-state index in [1.807, 2.05) is 0 Å². The Hall–Kier alpha value is -2.90. The summed E-state index contributed by atoms with van der Waals surface area (Å²) in [6.45, 7) is 1.53. The maximum atomic E-state index is 11.7. The van der Waals surface area contributed by atoms with Gasteiger partial charge in [-0.25, -0.2) is 9.59 Å². The van der Waals surface area contributed by atoms with E-state index in [2.05, 4.69) is 5.32 Å². The summed E-state index contributed by atoms with van der Waals surface area (Å²) in [6, 6.07) is 5.89. The highest BCUT2D eigenvalue weighted by Crippen LogP contribution is 2.13. The number of nitrogens with one attached hydrogen (secondary N) is 1. The number of urea groups is 1. The first kappa shape index (κ1) is 17.5. The van der Waals surface area contributed by atoms with Crippen molar-refractivity contribution in [3.8, 4) is 5.75 Å². The molecule has 1 heterocycles. The fourth-order valence-corrected chi connectivity index (χ4v) is 2.05. The highest BCUT2D eigenvalue weighted by Gasteiger charge is 2.26. The Bertz CT molecular complexity index is 640. The van der Waals surface area contributed by atoms with E-state index in [4.69, 9.17) is 9.47 Å². The van der Waals surface area contributed by atoms with Crippen molar-refractivity contribution in [3.05, 3.63) is 29.8 Å². The van der Waals surface area contributed by atoms with Crippen molar-refractivity contribution >= 4 is 23.7 Å². The van der Waals surface area contributed by atoms with Gasteiger partial charge in [0, 0.05) is 25.1 Å². The lowest BCUT2D eigenvalue weighted by Gasteiger charge is -2.12. The number of nitrogens with zero attached hydrogens (tertiary/aromatic N) is 1. The first-order valence-electron chi connectivity index (χ1n) is 7.51. The predicted octanol–water partition coefficient (Wildman–Crippen LogP) is 0.753. The lowest BCUT2D eigenvalue weighted by Crippen LogP contribution is -2.37. The van der Waals surface area contributed by atoms with Crippen molar-refractivity contribution in [3.63, 3.8) is 0 Å². The van der Waals surface area contributed by atoms with Crippen molar-refractivity contribution in [2.45, 2.75) is 13.3 Å². The molecule has 0 spiro atoms. The van der Waals surface area contributed by atoms with Gasteiger partial charge >= 0.3 is 12.0 Å². The molecule has 0 saturated carbocycles. The van der Waals surface area contributed by atoms with Crippen LogP contribution < -0.4 is 10.1 Å². The summed E-state index contributed by atoms with van der Waals surface area (Å²) in [6.07, 6.45) is 0.412. The Kier molecular flexibility index (Phi) is 5.89. The smallest absolute Gasteiger partial charge is 0.344 e. The molecule has 1 aliphatic rings. The zero-order valence-electron chi connectivity index (χ0n) is 13.2. The quantitative estimate of drug-likeness (QED) is 0.583. The van der Waals surface area contributed by atoms with Gasteiger partial charge in [-0.3, -0.25) is 14.5 Å². The molecule has 1 saturated heterocycles. The number of hydrogen-bond acceptors (Lipinski definition) is 6. The highest BCUT2D eigenvalue weighted by atomic mass is 16.6. The second-order valence-corrected chi connectivity index (χ2v) is 5.03. The molecule has 8 heteroatoms. The average molecular weight is 334 g/mol. The molecule has 0 aliphatic carbocycles. The van der Waals surface area contributed by atoms with Gasteiger partial charge in [-0.1, -0.05) is 6.92 Å². The lowest BCUT2D eigenvalue weighted by molar-refractivity contribution is -0.152. The molecule has 2 rings (SSSR count). The monoisotopic (exact) mass is 334 g/mol. The van der Waals surface area contributed by atoms with Gasteiger partial charge in [-0.15, -0.1) is 0 Å². The van der Waals surface area contributed by atoms with Crippen LogP contribution in [0.2, 0.25) is 0 Å². The van der Waals surface area contributed by atoms with Crippen LogP contribution in [-0.2, 0) is 14.3 Å². The summed E-state index contributed by atoms with van der Waals surface area (Å²) < 4.78 is 10.0. The summed E-state index contributed by atoms with van der Waals surface area (Å²) in [5.41, 5.74) is 0.571. The molecule has 3 amide bonds. The predicted molar refractivity (Wildman–Crippen MR) is 82.6 cm³/mol. The topological polar surface area (TPSA) is 102 Å². The van der Waals surface area contributed by atoms with Crippen molar-refractivity contribution in [1.82, 2.24) is 10.2 Å². The van der Waals surface area contributed by atoms with Crippen LogP contribution in [0.25, 0.3) is 0 Å². The largest absolute Gasteiger partial charge is 0.482 e. The molecule has 1 aliphatic heterocycles. The number of carbonyl (C=O) groups is 4. The third-order valence-corrected chi connectivity index (χ3v) is 3.37. The van der Waals surface area contributed by atoms with Crippen LogP contribution >= 0.6 is 0 Å². The number of Topliss-reactive ketones (excluding diaryl/α,β-unsaturated/α-hetero) is 1. The summed E-state index contributed by atoms with van der Waals surface area (Å²) >= 11 is 0. The van der Waals surface area contributed by atoms with Crippen LogP contribution in [0.1, 0.15) is 23.7 Å². The van der Waals surface area contributed by atoms with Crippen molar-refractivity contribution < 1.29 is 28.7 Å². The maximum absolute atomic E-state index is 11.7. The SMILES string of the molecule is CCC(=O)c1ccc(OCC(=O)OCC(=O)N2CCNC2=O)cc1. The molecule has 1 fully saturated rings. The molecule has 0 bridgehead atoms. The molecule has 1 aromatic rings. The number of amides is 3. The Morgan fingerprint density at radius 3 is 2.46 bits per heavy atom. The summed E-state index contributed by atoms with van der Waals surface area (Å²) in [4.78, 5) is 47.0. The summed E-state index contributed by atoms with van der Waals surface area (Å²) in [5.74, 6) is -0.882. The molecule has 1 aromatic carbocycles. The van der Waals surface area contributed by atoms with Crippen LogP contribution in [0.5, 0.6) is 5.75 Å². The normalized spacial score (nSPS) is 13.4. The van der Waals surface area contributed by atoms with E-state index in [-0.39, 0.29) is 18.9 Å². The molecule has 128 valence electrons. The minimum absolute atomic E-state index is 0.0189. The van der Waals surface area contributed by atoms with Gasteiger partial charge in [0.05, 0.1) is 0 Å². The third-order valence-electron chi connectivity index (χ3n) is 3.37. The molecule has 8 nitrogen and oxygen atoms in total. The maximum Gasteiger partial charge on any atom is 0.344 e. The van der Waals surface area contributed by atoms with E-state index in [1.165, 1.54) is 0 Å². The third kappa shape index (κ3) is 4.55. The average Bonchev–Trinajstić information content (AvgIpc) is 3.03. The molecule has 0 radical (unpaired) electrons. The first-order chi connectivity index (χ1) is 11.5. The Morgan fingerprint density at radius 2 is 1.88 bits per heavy atom. The van der Waals surface area contributed by atoms with Crippen LogP contribution in [0.15, 0.2) is 24.3 Å². The van der Waals surface area contributed by atoms with Crippen LogP contribution in [0.4, 0.5) is 4.79 Å². The number of ether oxygens (including phenoxy) is 2. The Labute approximate surface area is 138 Å². The fourth-order valence-electron chi connectivity index (χ4n) is 2.05. The van der Waals surface area contributed by atoms with Crippen molar-refractivity contribution in [1.29, 1.82) is 0 Å². The van der Waals surface area contributed by atoms with Crippen LogP contribution in [0.3, 0.4) is 0 Å². The number of rotatable bonds is 7. The fraction of sp³-hybridized carbons (Fsp3) is 0.375. The van der Waals surface area contributed by atoms with Gasteiger partial charge in [0.1, 0.15) is 5.75 Å². The molecule has 1 N–H and O–H groups in total. The van der Waals surface area contributed by atoms with Gasteiger partial charge in [-0.2, -0.15) is 0 Å². The molecule has 0 unspecified atom stereocenters. The van der Waals surface area contributed by atoms with E-state index in [1.54, 1.807) is 31.2 Å². The Morgan fingerprint density at radius 1 is 1.17 bits per heavy atom. The van der Waals surface area contributed by atoms with Gasteiger partial charge in [-0.05, 0) is 24.3 Å². The molecule has 0 aromatic heterocycles. The molecular formula is C16H18N2O6. The second kappa shape index (κ2) is 8.09. The van der Waals surface area contributed by atoms with Gasteiger partial charge in [0.25, 0.3) is 5.91 Å². The van der Waals surface area contributed by atoms with Gasteiger partial charge in [0.15, 0.2) is 19.0 Å². The van der Waals surface area contributed by atoms with Crippen molar-refractivity contribution in [2.75, 3.05) is 26.3 Å². The summed E-state index contributed by atoms with van der Waals surface area (Å²) in [7, 11) is 0. The first-order valence-corrected chi connectivity index (χ1v) is 7.51. The van der Waals surface area contributed by atoms with Crippen LogP contribution in [-0.4, -0.2) is 54.9 Å². The number of hydrogen-bond donors (Lipinski definition) is 1. The van der Waals surface area contributed by atoms with E-state index in [0.29, 0.717) is 24.3 Å². The second-order valence-electron chi connectivity index (χ2n) is 5.03. The minimum atomic E-state index is -0.725. The molecule has 24 heavy (non-hydrogen) atoms. The standard InChI is InChI=1S/C16H18N2O6/c1-2-13(19)11-3-5-12(6-4-11)23-10-15(21)24-9-14(20)18-8-7-17-16(18)22/h3-6H,2,7-10H2,1H3,(H,17,22). The van der Waals surface area contributed by atoms with E-state index in [0.717, 1.165) is 4.90 Å². The van der Waals surface area contributed by atoms with Gasteiger partial charge < -0.3 is 14.8 Å². The highest BCUT2D eigenvalue weighted by molar-refractivity contribution is 5.97. The zero-order chi connectivity index (χ0) is 17.5. The number of esters is 1. The number of carbonyl (C=O) groups excluding carboxylic acids is 4. The van der Waals surface area contributed by atoms with Crippen molar-refractivity contribution in [2.24, 2.45) is 0 Å². The van der Waals surface area contributed by atoms with E-state index in [9.17, 15) is 19.2 Å². The number of imide groups is 1. The van der Waals surface area contributed by atoms with E-state index < -0.39 is 24.5 Å². The number of ketones is 1. The van der Waals surface area contributed by atoms with Gasteiger partial charge in [0.2, 0.25) is 0 Å². The number of benzene rings is 1.